The molecular formula is C11H13BrO. The van der Waals surface area contributed by atoms with Crippen LogP contribution in [0.4, 0.5) is 0 Å². The summed E-state index contributed by atoms with van der Waals surface area (Å²) < 4.78 is 1.13. The molecule has 1 aromatic rings. The van der Waals surface area contributed by atoms with Crippen molar-refractivity contribution >= 4 is 15.9 Å². The topological polar surface area (TPSA) is 20.2 Å². The van der Waals surface area contributed by atoms with Gasteiger partial charge in [-0.1, -0.05) is 28.1 Å². The van der Waals surface area contributed by atoms with E-state index in [2.05, 4.69) is 40.2 Å². The molecule has 2 heteroatoms. The highest BCUT2D eigenvalue weighted by molar-refractivity contribution is 9.10. The van der Waals surface area contributed by atoms with Crippen LogP contribution in [0.15, 0.2) is 28.7 Å². The number of aliphatic hydroxyl groups is 1. The zero-order chi connectivity index (χ0) is 9.26. The molecule has 0 radical (unpaired) electrons. The lowest BCUT2D eigenvalue weighted by atomic mass is 10.1. The number of hydrogen-bond donors (Lipinski definition) is 1. The SMILES string of the molecule is OCCC1CC1c1ccc(Br)cc1. The summed E-state index contributed by atoms with van der Waals surface area (Å²) in [5.41, 5.74) is 1.42. The van der Waals surface area contributed by atoms with E-state index in [1.54, 1.807) is 0 Å². The minimum atomic E-state index is 0.331. The lowest BCUT2D eigenvalue weighted by Gasteiger charge is -1.99. The molecular weight excluding hydrogens is 228 g/mol. The van der Waals surface area contributed by atoms with Crippen molar-refractivity contribution < 1.29 is 5.11 Å². The monoisotopic (exact) mass is 240 g/mol. The average molecular weight is 241 g/mol. The molecule has 2 rings (SSSR count). The normalized spacial score (nSPS) is 26.0. The number of halogens is 1. The molecule has 0 spiro atoms. The van der Waals surface area contributed by atoms with Crippen molar-refractivity contribution in [1.82, 2.24) is 0 Å². The molecule has 1 aromatic carbocycles. The van der Waals surface area contributed by atoms with Gasteiger partial charge in [-0.25, -0.2) is 0 Å². The summed E-state index contributed by atoms with van der Waals surface area (Å²) in [6, 6.07) is 8.52. The number of aliphatic hydroxyl groups excluding tert-OH is 1. The second-order valence-electron chi connectivity index (χ2n) is 3.67. The van der Waals surface area contributed by atoms with Crippen molar-refractivity contribution in [2.75, 3.05) is 6.61 Å². The Morgan fingerprint density at radius 1 is 1.31 bits per heavy atom. The van der Waals surface area contributed by atoms with E-state index >= 15 is 0 Å². The van der Waals surface area contributed by atoms with Gasteiger partial charge in [-0.3, -0.25) is 0 Å². The van der Waals surface area contributed by atoms with E-state index < -0.39 is 0 Å². The van der Waals surface area contributed by atoms with Crippen LogP contribution in [0.2, 0.25) is 0 Å². The van der Waals surface area contributed by atoms with E-state index in [0.717, 1.165) is 16.8 Å². The molecule has 2 unspecified atom stereocenters. The molecule has 0 bridgehead atoms. The molecule has 13 heavy (non-hydrogen) atoms. The first-order valence-corrected chi connectivity index (χ1v) is 5.47. The third kappa shape index (κ3) is 2.12. The molecule has 0 aliphatic heterocycles. The van der Waals surface area contributed by atoms with Crippen LogP contribution in [0.25, 0.3) is 0 Å². The maximum Gasteiger partial charge on any atom is 0.0433 e. The molecule has 1 N–H and O–H groups in total. The van der Waals surface area contributed by atoms with Crippen molar-refractivity contribution in [3.05, 3.63) is 34.3 Å². The third-order valence-electron chi connectivity index (χ3n) is 2.72. The Bertz CT molecular complexity index is 281. The lowest BCUT2D eigenvalue weighted by molar-refractivity contribution is 0.279. The molecule has 1 nitrogen and oxygen atoms in total. The van der Waals surface area contributed by atoms with E-state index in [1.807, 2.05) is 0 Å². The van der Waals surface area contributed by atoms with Gasteiger partial charge in [-0.2, -0.15) is 0 Å². The number of rotatable bonds is 3. The van der Waals surface area contributed by atoms with Crippen LogP contribution < -0.4 is 0 Å². The Morgan fingerprint density at radius 2 is 2.00 bits per heavy atom. The predicted octanol–water partition coefficient (Wildman–Crippen LogP) is 2.94. The van der Waals surface area contributed by atoms with Crippen molar-refractivity contribution in [2.24, 2.45) is 5.92 Å². The second kappa shape index (κ2) is 3.81. The Kier molecular flexibility index (Phi) is 2.70. The van der Waals surface area contributed by atoms with Crippen LogP contribution in [0.1, 0.15) is 24.3 Å². The van der Waals surface area contributed by atoms with Crippen LogP contribution in [-0.4, -0.2) is 11.7 Å². The molecule has 0 amide bonds. The minimum Gasteiger partial charge on any atom is -0.396 e. The van der Waals surface area contributed by atoms with Gasteiger partial charge in [0.05, 0.1) is 0 Å². The van der Waals surface area contributed by atoms with Gasteiger partial charge in [0.2, 0.25) is 0 Å². The van der Waals surface area contributed by atoms with E-state index in [0.29, 0.717) is 12.5 Å². The second-order valence-corrected chi connectivity index (χ2v) is 4.58. The van der Waals surface area contributed by atoms with Gasteiger partial charge in [0, 0.05) is 11.1 Å². The summed E-state index contributed by atoms with van der Waals surface area (Å²) in [5, 5.41) is 8.78. The standard InChI is InChI=1S/C11H13BrO/c12-10-3-1-8(2-4-10)11-7-9(11)5-6-13/h1-4,9,11,13H,5-7H2. The Labute approximate surface area is 86.9 Å². The average Bonchev–Trinajstić information content (AvgIpc) is 2.86. The zero-order valence-corrected chi connectivity index (χ0v) is 9.00. The smallest absolute Gasteiger partial charge is 0.0433 e. The van der Waals surface area contributed by atoms with Crippen LogP contribution in [0.3, 0.4) is 0 Å². The highest BCUT2D eigenvalue weighted by Crippen LogP contribution is 2.49. The van der Waals surface area contributed by atoms with Crippen LogP contribution in [-0.2, 0) is 0 Å². The van der Waals surface area contributed by atoms with Crippen LogP contribution in [0.5, 0.6) is 0 Å². The van der Waals surface area contributed by atoms with Gasteiger partial charge >= 0.3 is 0 Å². The van der Waals surface area contributed by atoms with Gasteiger partial charge in [0.15, 0.2) is 0 Å². The van der Waals surface area contributed by atoms with Gasteiger partial charge in [0.1, 0.15) is 0 Å². The summed E-state index contributed by atoms with van der Waals surface area (Å²) in [6.07, 6.45) is 2.21. The number of benzene rings is 1. The van der Waals surface area contributed by atoms with Gasteiger partial charge in [-0.15, -0.1) is 0 Å². The van der Waals surface area contributed by atoms with Crippen molar-refractivity contribution in [1.29, 1.82) is 0 Å². The predicted molar refractivity (Wildman–Crippen MR) is 56.7 cm³/mol. The van der Waals surface area contributed by atoms with Crippen LogP contribution in [0, 0.1) is 5.92 Å². The van der Waals surface area contributed by atoms with Crippen molar-refractivity contribution in [2.45, 2.75) is 18.8 Å². The van der Waals surface area contributed by atoms with E-state index in [4.69, 9.17) is 5.11 Å². The molecule has 0 heterocycles. The van der Waals surface area contributed by atoms with E-state index in [9.17, 15) is 0 Å². The highest BCUT2D eigenvalue weighted by Gasteiger charge is 2.37. The Morgan fingerprint density at radius 3 is 2.62 bits per heavy atom. The molecule has 2 atom stereocenters. The Hall–Kier alpha value is -0.340. The first-order chi connectivity index (χ1) is 6.31. The summed E-state index contributed by atoms with van der Waals surface area (Å²) >= 11 is 3.42. The summed E-state index contributed by atoms with van der Waals surface area (Å²) in [6.45, 7) is 0.331. The number of hydrogen-bond acceptors (Lipinski definition) is 1. The van der Waals surface area contributed by atoms with E-state index in [-0.39, 0.29) is 0 Å². The minimum absolute atomic E-state index is 0.331. The summed E-state index contributed by atoms with van der Waals surface area (Å²) in [5.74, 6) is 1.44. The zero-order valence-electron chi connectivity index (χ0n) is 7.41. The Balaban J connectivity index is 2.00. The maximum absolute atomic E-state index is 8.78. The molecule has 0 saturated heterocycles. The first-order valence-electron chi connectivity index (χ1n) is 4.67. The first kappa shape index (κ1) is 9.22. The van der Waals surface area contributed by atoms with Crippen molar-refractivity contribution in [3.8, 4) is 0 Å². The molecule has 1 saturated carbocycles. The summed E-state index contributed by atoms with van der Waals surface area (Å²) in [4.78, 5) is 0. The lowest BCUT2D eigenvalue weighted by Crippen LogP contribution is -1.87. The van der Waals surface area contributed by atoms with Gasteiger partial charge < -0.3 is 5.11 Å². The fourth-order valence-corrected chi connectivity index (χ4v) is 2.12. The van der Waals surface area contributed by atoms with Gasteiger partial charge in [0.25, 0.3) is 0 Å². The third-order valence-corrected chi connectivity index (χ3v) is 3.25. The van der Waals surface area contributed by atoms with Crippen LogP contribution >= 0.6 is 15.9 Å². The molecule has 0 aromatic heterocycles. The highest BCUT2D eigenvalue weighted by atomic mass is 79.9. The fourth-order valence-electron chi connectivity index (χ4n) is 1.85. The largest absolute Gasteiger partial charge is 0.396 e. The molecule has 70 valence electrons. The van der Waals surface area contributed by atoms with Gasteiger partial charge in [-0.05, 0) is 42.4 Å². The van der Waals surface area contributed by atoms with Crippen molar-refractivity contribution in [3.63, 3.8) is 0 Å². The summed E-state index contributed by atoms with van der Waals surface area (Å²) in [7, 11) is 0. The van der Waals surface area contributed by atoms with E-state index in [1.165, 1.54) is 12.0 Å². The molecule has 1 fully saturated rings. The quantitative estimate of drug-likeness (QED) is 0.862. The molecule has 1 aliphatic carbocycles. The fraction of sp³-hybridized carbons (Fsp3) is 0.455. The molecule has 1 aliphatic rings. The maximum atomic E-state index is 8.78.